The van der Waals surface area contributed by atoms with Gasteiger partial charge in [-0.15, -0.1) is 0 Å². The molecule has 1 saturated heterocycles. The second-order valence-corrected chi connectivity index (χ2v) is 10.2. The zero-order chi connectivity index (χ0) is 24.7. The Labute approximate surface area is 205 Å². The van der Waals surface area contributed by atoms with Gasteiger partial charge in [-0.1, -0.05) is 0 Å². The van der Waals surface area contributed by atoms with Crippen LogP contribution in [0, 0.1) is 5.82 Å². The number of hydrogen-bond acceptors (Lipinski definition) is 8. The molecule has 0 bridgehead atoms. The zero-order valence-electron chi connectivity index (χ0n) is 19.3. The van der Waals surface area contributed by atoms with Crippen LogP contribution in [0.5, 0.6) is 0 Å². The Hall–Kier alpha value is -3.12. The van der Waals surface area contributed by atoms with Crippen molar-refractivity contribution in [1.82, 2.24) is 19.6 Å². The Kier molecular flexibility index (Phi) is 8.24. The Balaban J connectivity index is 1.46. The lowest BCUT2D eigenvalue weighted by molar-refractivity contribution is 0.261. The lowest BCUT2D eigenvalue weighted by Crippen LogP contribution is -2.46. The molecule has 0 saturated carbocycles. The van der Waals surface area contributed by atoms with Gasteiger partial charge >= 0.3 is 0 Å². The molecular weight excluding hydrogens is 469 g/mol. The number of piperidine rings is 1. The monoisotopic (exact) mass is 499 g/mol. The smallest absolute Gasteiger partial charge is 0.243 e. The number of halogens is 1. The summed E-state index contributed by atoms with van der Waals surface area (Å²) in [5.41, 5.74) is 7.01. The van der Waals surface area contributed by atoms with Gasteiger partial charge in [-0.3, -0.25) is 0 Å². The third-order valence-corrected chi connectivity index (χ3v) is 7.75. The molecule has 0 spiro atoms. The number of nitrogens with zero attached hydrogens (tertiary/aromatic N) is 3. The van der Waals surface area contributed by atoms with Crippen molar-refractivity contribution in [2.45, 2.75) is 30.2 Å². The van der Waals surface area contributed by atoms with E-state index in [-0.39, 0.29) is 16.8 Å². The topological polar surface area (TPSA) is 125 Å². The number of hydrogen-bond donors (Lipinski definition) is 4. The molecule has 1 aliphatic rings. The van der Waals surface area contributed by atoms with Gasteiger partial charge < -0.3 is 21.7 Å². The van der Waals surface area contributed by atoms with Crippen LogP contribution < -0.4 is 21.7 Å². The van der Waals surface area contributed by atoms with E-state index in [0.717, 1.165) is 25.9 Å². The molecule has 5 N–H and O–H groups in total. The highest BCUT2D eigenvalue weighted by Gasteiger charge is 2.31. The molecule has 3 aromatic rings. The van der Waals surface area contributed by atoms with E-state index in [4.69, 9.17) is 5.73 Å². The van der Waals surface area contributed by atoms with Gasteiger partial charge in [0, 0.05) is 30.2 Å². The summed E-state index contributed by atoms with van der Waals surface area (Å²) in [5.74, 6) is 0.558. The highest BCUT2D eigenvalue weighted by Crippen LogP contribution is 2.25. The summed E-state index contributed by atoms with van der Waals surface area (Å²) in [6.07, 6.45) is 3.77. The van der Waals surface area contributed by atoms with Gasteiger partial charge in [0.25, 0.3) is 0 Å². The van der Waals surface area contributed by atoms with E-state index in [9.17, 15) is 12.8 Å². The lowest BCUT2D eigenvalue weighted by atomic mass is 10.1. The molecule has 0 amide bonds. The lowest BCUT2D eigenvalue weighted by Gasteiger charge is -2.33. The molecule has 4 rings (SSSR count). The third-order valence-electron chi connectivity index (χ3n) is 5.79. The Morgan fingerprint density at radius 2 is 1.66 bits per heavy atom. The normalized spacial score (nSPS) is 14.7. The van der Waals surface area contributed by atoms with Crippen molar-refractivity contribution >= 4 is 33.2 Å². The molecule has 186 valence electrons. The number of sulfonamides is 1. The highest BCUT2D eigenvalue weighted by molar-refractivity contribution is 7.89. The predicted octanol–water partition coefficient (Wildman–Crippen LogP) is 3.19. The van der Waals surface area contributed by atoms with Crippen molar-refractivity contribution < 1.29 is 12.8 Å². The third kappa shape index (κ3) is 6.51. The van der Waals surface area contributed by atoms with Gasteiger partial charge in [-0.05, 0) is 93.5 Å². The summed E-state index contributed by atoms with van der Waals surface area (Å²) in [4.78, 5) is 8.87. The van der Waals surface area contributed by atoms with E-state index in [1.165, 1.54) is 12.1 Å². The fraction of sp³-hybridized carbons (Fsp3) is 0.333. The average molecular weight is 500 g/mol. The molecular formula is C24H30FN7O2S. The number of nitrogens with two attached hydrogens (primary N) is 1. The van der Waals surface area contributed by atoms with Gasteiger partial charge in [0.05, 0.1) is 4.90 Å². The van der Waals surface area contributed by atoms with Crippen molar-refractivity contribution in [2.75, 3.05) is 36.8 Å². The van der Waals surface area contributed by atoms with Crippen LogP contribution in [0.25, 0.3) is 0 Å². The van der Waals surface area contributed by atoms with Gasteiger partial charge in [-0.25, -0.2) is 17.8 Å². The van der Waals surface area contributed by atoms with Crippen molar-refractivity contribution in [1.29, 1.82) is 0 Å². The molecule has 2 aromatic carbocycles. The number of benzene rings is 2. The number of nitrogens with one attached hydrogen (secondary N) is 3. The molecule has 0 unspecified atom stereocenters. The second-order valence-electron chi connectivity index (χ2n) is 8.29. The minimum absolute atomic E-state index is 0.0321. The highest BCUT2D eigenvalue weighted by atomic mass is 32.2. The Morgan fingerprint density at radius 3 is 2.34 bits per heavy atom. The Bertz CT molecular complexity index is 1200. The summed E-state index contributed by atoms with van der Waals surface area (Å²) in [6, 6.07) is 14.2. The van der Waals surface area contributed by atoms with E-state index < -0.39 is 10.0 Å². The summed E-state index contributed by atoms with van der Waals surface area (Å²) >= 11 is 0. The van der Waals surface area contributed by atoms with Gasteiger partial charge in [0.15, 0.2) is 0 Å². The predicted molar refractivity (Wildman–Crippen MR) is 135 cm³/mol. The molecule has 1 fully saturated rings. The molecule has 0 atom stereocenters. The molecule has 0 aliphatic carbocycles. The van der Waals surface area contributed by atoms with Crippen LogP contribution in [0.4, 0.5) is 27.5 Å². The van der Waals surface area contributed by atoms with Crippen molar-refractivity contribution in [3.05, 3.63) is 66.6 Å². The fourth-order valence-corrected chi connectivity index (χ4v) is 5.71. The Morgan fingerprint density at radius 1 is 1.00 bits per heavy atom. The van der Waals surface area contributed by atoms with Crippen molar-refractivity contribution in [3.8, 4) is 0 Å². The minimum Gasteiger partial charge on any atom is -0.340 e. The molecule has 9 nitrogen and oxygen atoms in total. The van der Waals surface area contributed by atoms with Crippen LogP contribution in [0.3, 0.4) is 0 Å². The van der Waals surface area contributed by atoms with Gasteiger partial charge in [0.2, 0.25) is 16.0 Å². The van der Waals surface area contributed by atoms with E-state index >= 15 is 0 Å². The van der Waals surface area contributed by atoms with Crippen LogP contribution in [-0.4, -0.2) is 54.9 Å². The van der Waals surface area contributed by atoms with E-state index in [1.54, 1.807) is 53.0 Å². The van der Waals surface area contributed by atoms with Crippen LogP contribution >= 0.6 is 0 Å². The summed E-state index contributed by atoms with van der Waals surface area (Å²) in [6.45, 7) is 2.45. The van der Waals surface area contributed by atoms with Gasteiger partial charge in [-0.2, -0.15) is 9.29 Å². The second kappa shape index (κ2) is 11.5. The van der Waals surface area contributed by atoms with Crippen LogP contribution in [0.2, 0.25) is 0 Å². The first kappa shape index (κ1) is 25.0. The summed E-state index contributed by atoms with van der Waals surface area (Å²) < 4.78 is 41.6. The van der Waals surface area contributed by atoms with Crippen LogP contribution in [0.15, 0.2) is 65.7 Å². The zero-order valence-corrected chi connectivity index (χ0v) is 20.1. The van der Waals surface area contributed by atoms with E-state index in [1.807, 2.05) is 0 Å². The maximum absolute atomic E-state index is 13.4. The first-order valence-corrected chi connectivity index (χ1v) is 13.0. The van der Waals surface area contributed by atoms with E-state index in [2.05, 4.69) is 25.9 Å². The SMILES string of the molecule is NCCCN(C1CCNCC1)S(=O)(=O)c1ccc(Nc2nccc(Nc3ccc(F)cc3)n2)cc1. The quantitative estimate of drug-likeness (QED) is 0.335. The first-order valence-electron chi connectivity index (χ1n) is 11.6. The summed E-state index contributed by atoms with van der Waals surface area (Å²) in [5, 5.41) is 9.46. The maximum Gasteiger partial charge on any atom is 0.243 e. The fourth-order valence-electron chi connectivity index (χ4n) is 3.99. The molecule has 1 aromatic heterocycles. The summed E-state index contributed by atoms with van der Waals surface area (Å²) in [7, 11) is -3.65. The number of rotatable bonds is 10. The average Bonchev–Trinajstić information content (AvgIpc) is 2.87. The maximum atomic E-state index is 13.4. The first-order chi connectivity index (χ1) is 17.0. The standard InChI is InChI=1S/C24H30FN7O2S/c25-18-2-4-19(5-3-18)29-23-12-16-28-24(31-23)30-20-6-8-22(9-7-20)35(33,34)32(17-1-13-26)21-10-14-27-15-11-21/h2-9,12,16,21,27H,1,10-11,13-15,17,26H2,(H2,28,29,30,31). The van der Waals surface area contributed by atoms with Crippen molar-refractivity contribution in [2.24, 2.45) is 5.73 Å². The van der Waals surface area contributed by atoms with Crippen LogP contribution in [0.1, 0.15) is 19.3 Å². The minimum atomic E-state index is -3.65. The van der Waals surface area contributed by atoms with E-state index in [0.29, 0.717) is 42.7 Å². The molecule has 2 heterocycles. The molecule has 0 radical (unpaired) electrons. The number of aromatic nitrogens is 2. The number of anilines is 4. The largest absolute Gasteiger partial charge is 0.340 e. The van der Waals surface area contributed by atoms with Crippen LogP contribution in [-0.2, 0) is 10.0 Å². The van der Waals surface area contributed by atoms with Crippen molar-refractivity contribution in [3.63, 3.8) is 0 Å². The molecule has 1 aliphatic heterocycles. The van der Waals surface area contributed by atoms with Gasteiger partial charge in [0.1, 0.15) is 11.6 Å². The molecule has 35 heavy (non-hydrogen) atoms. The molecule has 11 heteroatoms.